The van der Waals surface area contributed by atoms with Gasteiger partial charge in [-0.1, -0.05) is 0 Å². The van der Waals surface area contributed by atoms with Crippen LogP contribution in [0.2, 0.25) is 0 Å². The number of rotatable bonds is 2. The van der Waals surface area contributed by atoms with Crippen molar-refractivity contribution in [2.75, 3.05) is 5.32 Å². The van der Waals surface area contributed by atoms with Gasteiger partial charge in [0, 0.05) is 18.2 Å². The van der Waals surface area contributed by atoms with Gasteiger partial charge < -0.3 is 5.32 Å². The summed E-state index contributed by atoms with van der Waals surface area (Å²) in [7, 11) is 0. The zero-order valence-electron chi connectivity index (χ0n) is 7.93. The summed E-state index contributed by atoms with van der Waals surface area (Å²) in [5.74, 6) is -1.08. The molecule has 1 N–H and O–H groups in total. The highest BCUT2D eigenvalue weighted by Crippen LogP contribution is 2.14. The summed E-state index contributed by atoms with van der Waals surface area (Å²) in [6.45, 7) is 2.66. The summed E-state index contributed by atoms with van der Waals surface area (Å²) in [6, 6.07) is 3.73. The minimum atomic E-state index is -0.540. The van der Waals surface area contributed by atoms with E-state index in [2.05, 4.69) is 5.32 Å². The number of nitrogens with one attached hydrogen (secondary N) is 1. The fraction of sp³-hybridized carbons (Fsp3) is 0.200. The largest absolute Gasteiger partial charge is 0.326 e. The first-order valence-corrected chi connectivity index (χ1v) is 4.08. The van der Waals surface area contributed by atoms with Crippen molar-refractivity contribution in [3.63, 3.8) is 0 Å². The average Bonchev–Trinajstić information content (AvgIpc) is 2.01. The molecular formula is C10H10FNO2. The molecule has 14 heavy (non-hydrogen) atoms. The molecule has 1 amide bonds. The fourth-order valence-electron chi connectivity index (χ4n) is 1.07. The molecule has 1 aromatic rings. The maximum atomic E-state index is 12.9. The van der Waals surface area contributed by atoms with E-state index < -0.39 is 5.82 Å². The SMILES string of the molecule is CC(=O)Nc1cc(F)cc(C(C)=O)c1. The monoisotopic (exact) mass is 195 g/mol. The topological polar surface area (TPSA) is 46.2 Å². The first-order valence-electron chi connectivity index (χ1n) is 4.08. The molecule has 1 rings (SSSR count). The van der Waals surface area contributed by atoms with Crippen molar-refractivity contribution in [1.82, 2.24) is 0 Å². The van der Waals surface area contributed by atoms with E-state index in [1.807, 2.05) is 0 Å². The molecule has 0 bridgehead atoms. The van der Waals surface area contributed by atoms with Gasteiger partial charge in [-0.15, -0.1) is 0 Å². The number of benzene rings is 1. The molecular weight excluding hydrogens is 185 g/mol. The van der Waals surface area contributed by atoms with Gasteiger partial charge in [0.25, 0.3) is 0 Å². The highest BCUT2D eigenvalue weighted by molar-refractivity contribution is 5.96. The number of carbonyl (C=O) groups excluding carboxylic acids is 2. The Hall–Kier alpha value is -1.71. The third kappa shape index (κ3) is 2.65. The van der Waals surface area contributed by atoms with Crippen LogP contribution in [-0.2, 0) is 4.79 Å². The van der Waals surface area contributed by atoms with E-state index in [-0.39, 0.29) is 17.3 Å². The van der Waals surface area contributed by atoms with Crippen LogP contribution >= 0.6 is 0 Å². The minimum absolute atomic E-state index is 0.240. The summed E-state index contributed by atoms with van der Waals surface area (Å²) in [4.78, 5) is 21.6. The van der Waals surface area contributed by atoms with E-state index in [0.717, 1.165) is 12.1 Å². The normalized spacial score (nSPS) is 9.64. The van der Waals surface area contributed by atoms with Crippen LogP contribution in [0.1, 0.15) is 24.2 Å². The lowest BCUT2D eigenvalue weighted by Gasteiger charge is -2.03. The molecule has 0 unspecified atom stereocenters. The van der Waals surface area contributed by atoms with Crippen LogP contribution in [0.15, 0.2) is 18.2 Å². The number of hydrogen-bond donors (Lipinski definition) is 1. The van der Waals surface area contributed by atoms with Gasteiger partial charge in [0.2, 0.25) is 5.91 Å². The Morgan fingerprint density at radius 3 is 2.36 bits per heavy atom. The molecule has 0 spiro atoms. The van der Waals surface area contributed by atoms with Gasteiger partial charge in [-0.2, -0.15) is 0 Å². The molecule has 0 fully saturated rings. The second-order valence-electron chi connectivity index (χ2n) is 2.97. The van der Waals surface area contributed by atoms with Crippen molar-refractivity contribution in [3.05, 3.63) is 29.6 Å². The third-order valence-electron chi connectivity index (χ3n) is 1.62. The minimum Gasteiger partial charge on any atom is -0.326 e. The van der Waals surface area contributed by atoms with Gasteiger partial charge in [-0.25, -0.2) is 4.39 Å². The van der Waals surface area contributed by atoms with Crippen molar-refractivity contribution in [2.45, 2.75) is 13.8 Å². The number of Topliss-reactive ketones (excluding diaryl/α,β-unsaturated/α-hetero) is 1. The Balaban J connectivity index is 3.07. The Morgan fingerprint density at radius 2 is 1.86 bits per heavy atom. The van der Waals surface area contributed by atoms with Crippen molar-refractivity contribution in [3.8, 4) is 0 Å². The Labute approximate surface area is 80.9 Å². The van der Waals surface area contributed by atoms with Crippen LogP contribution in [-0.4, -0.2) is 11.7 Å². The molecule has 4 heteroatoms. The molecule has 0 radical (unpaired) electrons. The molecule has 0 aliphatic heterocycles. The van der Waals surface area contributed by atoms with Crippen LogP contribution in [0.25, 0.3) is 0 Å². The third-order valence-corrected chi connectivity index (χ3v) is 1.62. The maximum Gasteiger partial charge on any atom is 0.221 e. The Kier molecular flexibility index (Phi) is 2.96. The summed E-state index contributed by atoms with van der Waals surface area (Å²) in [6.07, 6.45) is 0. The second kappa shape index (κ2) is 4.00. The Bertz CT molecular complexity index is 388. The van der Waals surface area contributed by atoms with Crippen molar-refractivity contribution in [2.24, 2.45) is 0 Å². The number of halogens is 1. The average molecular weight is 195 g/mol. The molecule has 0 aliphatic carbocycles. The van der Waals surface area contributed by atoms with E-state index in [0.29, 0.717) is 5.69 Å². The predicted molar refractivity (Wildman–Crippen MR) is 50.7 cm³/mol. The van der Waals surface area contributed by atoms with Gasteiger partial charge >= 0.3 is 0 Å². The molecule has 0 aliphatic rings. The van der Waals surface area contributed by atoms with Crippen LogP contribution < -0.4 is 5.32 Å². The highest BCUT2D eigenvalue weighted by Gasteiger charge is 2.05. The number of hydrogen-bond acceptors (Lipinski definition) is 2. The van der Waals surface area contributed by atoms with Crippen LogP contribution in [0, 0.1) is 5.82 Å². The standard InChI is InChI=1S/C10H10FNO2/c1-6(13)8-3-9(11)5-10(4-8)12-7(2)14/h3-5H,1-2H3,(H,12,14). The lowest BCUT2D eigenvalue weighted by Crippen LogP contribution is -2.07. The summed E-state index contributed by atoms with van der Waals surface area (Å²) < 4.78 is 12.9. The van der Waals surface area contributed by atoms with Crippen LogP contribution in [0.4, 0.5) is 10.1 Å². The van der Waals surface area contributed by atoms with Gasteiger partial charge in [-0.05, 0) is 25.1 Å². The van der Waals surface area contributed by atoms with E-state index in [9.17, 15) is 14.0 Å². The predicted octanol–water partition coefficient (Wildman–Crippen LogP) is 1.99. The van der Waals surface area contributed by atoms with Gasteiger partial charge in [0.1, 0.15) is 5.82 Å². The molecule has 0 heterocycles. The zero-order valence-corrected chi connectivity index (χ0v) is 7.93. The summed E-state index contributed by atoms with van der Waals surface area (Å²) in [5.41, 5.74) is 0.538. The lowest BCUT2D eigenvalue weighted by atomic mass is 10.1. The van der Waals surface area contributed by atoms with E-state index in [4.69, 9.17) is 0 Å². The zero-order chi connectivity index (χ0) is 10.7. The number of carbonyl (C=O) groups is 2. The quantitative estimate of drug-likeness (QED) is 0.733. The first-order chi connectivity index (χ1) is 6.49. The summed E-state index contributed by atoms with van der Waals surface area (Å²) in [5, 5.41) is 2.41. The highest BCUT2D eigenvalue weighted by atomic mass is 19.1. The van der Waals surface area contributed by atoms with E-state index in [1.54, 1.807) is 0 Å². The second-order valence-corrected chi connectivity index (χ2v) is 2.97. The molecule has 0 saturated carbocycles. The molecule has 0 atom stereocenters. The number of ketones is 1. The fourth-order valence-corrected chi connectivity index (χ4v) is 1.07. The van der Waals surface area contributed by atoms with Crippen molar-refractivity contribution in [1.29, 1.82) is 0 Å². The molecule has 3 nitrogen and oxygen atoms in total. The van der Waals surface area contributed by atoms with E-state index >= 15 is 0 Å². The Morgan fingerprint density at radius 1 is 1.21 bits per heavy atom. The molecule has 0 saturated heterocycles. The van der Waals surface area contributed by atoms with Gasteiger partial charge in [0.05, 0.1) is 0 Å². The molecule has 1 aromatic carbocycles. The van der Waals surface area contributed by atoms with Crippen molar-refractivity contribution < 1.29 is 14.0 Å². The maximum absolute atomic E-state index is 12.9. The lowest BCUT2D eigenvalue weighted by molar-refractivity contribution is -0.114. The van der Waals surface area contributed by atoms with E-state index in [1.165, 1.54) is 19.9 Å². The van der Waals surface area contributed by atoms with Gasteiger partial charge in [-0.3, -0.25) is 9.59 Å². The first kappa shape index (κ1) is 10.4. The number of amides is 1. The molecule has 0 aromatic heterocycles. The molecule has 74 valence electrons. The smallest absolute Gasteiger partial charge is 0.221 e. The van der Waals surface area contributed by atoms with Crippen LogP contribution in [0.3, 0.4) is 0 Å². The van der Waals surface area contributed by atoms with Gasteiger partial charge in [0.15, 0.2) is 5.78 Å². The number of anilines is 1. The summed E-state index contributed by atoms with van der Waals surface area (Å²) >= 11 is 0. The van der Waals surface area contributed by atoms with Crippen molar-refractivity contribution >= 4 is 17.4 Å². The van der Waals surface area contributed by atoms with Crippen LogP contribution in [0.5, 0.6) is 0 Å².